The number of halogens is 1. The zero-order chi connectivity index (χ0) is 19.8. The summed E-state index contributed by atoms with van der Waals surface area (Å²) in [6.45, 7) is 7.27. The molecule has 2 rings (SSSR count). The third-order valence-corrected chi connectivity index (χ3v) is 4.22. The molecule has 5 nitrogen and oxygen atoms in total. The Morgan fingerprint density at radius 3 is 2.63 bits per heavy atom. The highest BCUT2D eigenvalue weighted by atomic mass is 79.9. The lowest BCUT2D eigenvalue weighted by atomic mass is 10.2. The third-order valence-electron chi connectivity index (χ3n) is 3.40. The minimum Gasteiger partial charge on any atom is -0.493 e. The van der Waals surface area contributed by atoms with E-state index in [1.165, 1.54) is 0 Å². The number of thiocarbonyl (C=S) groups is 1. The Hall–Kier alpha value is -2.12. The summed E-state index contributed by atoms with van der Waals surface area (Å²) < 4.78 is 11.9. The van der Waals surface area contributed by atoms with Crippen LogP contribution >= 0.6 is 28.1 Å². The maximum absolute atomic E-state index is 12.4. The van der Waals surface area contributed by atoms with E-state index >= 15 is 0 Å². The summed E-state index contributed by atoms with van der Waals surface area (Å²) >= 11 is 8.64. The number of carbonyl (C=O) groups excluding carboxylic acids is 1. The summed E-state index contributed by atoms with van der Waals surface area (Å²) in [5.41, 5.74) is 1.22. The Morgan fingerprint density at radius 1 is 1.19 bits per heavy atom. The molecule has 0 heterocycles. The predicted octanol–water partition coefficient (Wildman–Crippen LogP) is 5.01. The molecule has 2 aromatic carbocycles. The molecule has 0 bridgehead atoms. The van der Waals surface area contributed by atoms with Gasteiger partial charge in [-0.2, -0.15) is 0 Å². The zero-order valence-electron chi connectivity index (χ0n) is 15.5. The number of hydrogen-bond donors (Lipinski definition) is 2. The van der Waals surface area contributed by atoms with E-state index in [-0.39, 0.29) is 11.0 Å². The molecule has 1 amide bonds. The highest BCUT2D eigenvalue weighted by Crippen LogP contribution is 2.26. The minimum absolute atomic E-state index is 0.214. The van der Waals surface area contributed by atoms with Gasteiger partial charge in [0.05, 0.1) is 17.7 Å². The van der Waals surface area contributed by atoms with Crippen LogP contribution in [0.5, 0.6) is 11.5 Å². The number of ether oxygens (including phenoxy) is 2. The highest BCUT2D eigenvalue weighted by molar-refractivity contribution is 9.10. The summed E-state index contributed by atoms with van der Waals surface area (Å²) in [5, 5.41) is 5.89. The van der Waals surface area contributed by atoms with Crippen LogP contribution in [0.1, 0.15) is 31.1 Å². The van der Waals surface area contributed by atoms with Gasteiger partial charge in [-0.3, -0.25) is 10.1 Å². The van der Waals surface area contributed by atoms with Crippen molar-refractivity contribution in [2.75, 3.05) is 18.5 Å². The van der Waals surface area contributed by atoms with Crippen molar-refractivity contribution in [3.8, 4) is 11.5 Å². The summed E-state index contributed by atoms with van der Waals surface area (Å²) in [6, 6.07) is 12.6. The quantitative estimate of drug-likeness (QED) is 0.580. The van der Waals surface area contributed by atoms with Gasteiger partial charge >= 0.3 is 0 Å². The van der Waals surface area contributed by atoms with Crippen LogP contribution in [0.4, 0.5) is 5.69 Å². The molecule has 0 unspecified atom stereocenters. The SMILES string of the molecule is CCOc1ccc(C(=O)NC(=S)Nc2cccc(OCC(C)C)c2)cc1Br. The fraction of sp³-hybridized carbons (Fsp3) is 0.300. The molecule has 0 aromatic heterocycles. The molecule has 0 spiro atoms. The second-order valence-electron chi connectivity index (χ2n) is 6.22. The molecule has 0 fully saturated rings. The third kappa shape index (κ3) is 6.84. The zero-order valence-corrected chi connectivity index (χ0v) is 17.9. The average molecular weight is 451 g/mol. The van der Waals surface area contributed by atoms with E-state index in [2.05, 4.69) is 40.4 Å². The molecule has 0 aliphatic heterocycles. The van der Waals surface area contributed by atoms with E-state index in [1.807, 2.05) is 31.2 Å². The summed E-state index contributed by atoms with van der Waals surface area (Å²) in [7, 11) is 0. The predicted molar refractivity (Wildman–Crippen MR) is 116 cm³/mol. The molecule has 0 atom stereocenters. The fourth-order valence-corrected chi connectivity index (χ4v) is 2.88. The number of hydrogen-bond acceptors (Lipinski definition) is 4. The largest absolute Gasteiger partial charge is 0.493 e. The molecule has 144 valence electrons. The van der Waals surface area contributed by atoms with E-state index in [0.717, 1.165) is 11.4 Å². The van der Waals surface area contributed by atoms with Crippen LogP contribution in [-0.4, -0.2) is 24.2 Å². The van der Waals surface area contributed by atoms with Gasteiger partial charge in [-0.25, -0.2) is 0 Å². The second kappa shape index (κ2) is 10.3. The maximum atomic E-state index is 12.4. The first kappa shape index (κ1) is 21.2. The van der Waals surface area contributed by atoms with Gasteiger partial charge in [0.25, 0.3) is 5.91 Å². The molecular weight excluding hydrogens is 428 g/mol. The molecule has 0 radical (unpaired) electrons. The van der Waals surface area contributed by atoms with Crippen molar-refractivity contribution in [1.82, 2.24) is 5.32 Å². The lowest BCUT2D eigenvalue weighted by molar-refractivity contribution is 0.0977. The smallest absolute Gasteiger partial charge is 0.257 e. The first-order valence-electron chi connectivity index (χ1n) is 8.66. The van der Waals surface area contributed by atoms with Crippen LogP contribution in [0.15, 0.2) is 46.9 Å². The Balaban J connectivity index is 1.96. The fourth-order valence-electron chi connectivity index (χ4n) is 2.18. The van der Waals surface area contributed by atoms with Crippen LogP contribution in [0.3, 0.4) is 0 Å². The Bertz CT molecular complexity index is 812. The van der Waals surface area contributed by atoms with E-state index in [4.69, 9.17) is 21.7 Å². The first-order valence-corrected chi connectivity index (χ1v) is 9.86. The molecule has 0 aliphatic carbocycles. The topological polar surface area (TPSA) is 59.6 Å². The van der Waals surface area contributed by atoms with Gasteiger partial charge in [0, 0.05) is 17.3 Å². The van der Waals surface area contributed by atoms with Crippen molar-refractivity contribution in [2.24, 2.45) is 5.92 Å². The van der Waals surface area contributed by atoms with Crippen molar-refractivity contribution < 1.29 is 14.3 Å². The van der Waals surface area contributed by atoms with Crippen LogP contribution in [-0.2, 0) is 0 Å². The summed E-state index contributed by atoms with van der Waals surface area (Å²) in [5.74, 6) is 1.57. The van der Waals surface area contributed by atoms with Gasteiger partial charge in [0.1, 0.15) is 11.5 Å². The maximum Gasteiger partial charge on any atom is 0.257 e. The van der Waals surface area contributed by atoms with Crippen LogP contribution in [0.25, 0.3) is 0 Å². The molecule has 2 N–H and O–H groups in total. The number of nitrogens with one attached hydrogen (secondary N) is 2. The van der Waals surface area contributed by atoms with Crippen molar-refractivity contribution in [3.05, 3.63) is 52.5 Å². The molecular formula is C20H23BrN2O3S. The molecule has 0 aliphatic rings. The summed E-state index contributed by atoms with van der Waals surface area (Å²) in [6.07, 6.45) is 0. The molecule has 27 heavy (non-hydrogen) atoms. The van der Waals surface area contributed by atoms with E-state index in [0.29, 0.717) is 34.9 Å². The lowest BCUT2D eigenvalue weighted by Gasteiger charge is -2.13. The monoisotopic (exact) mass is 450 g/mol. The van der Waals surface area contributed by atoms with Crippen LogP contribution in [0, 0.1) is 5.92 Å². The van der Waals surface area contributed by atoms with Gasteiger partial charge < -0.3 is 14.8 Å². The lowest BCUT2D eigenvalue weighted by Crippen LogP contribution is -2.34. The van der Waals surface area contributed by atoms with Crippen LogP contribution < -0.4 is 20.1 Å². The Labute approximate surface area is 173 Å². The van der Waals surface area contributed by atoms with Gasteiger partial charge in [-0.1, -0.05) is 19.9 Å². The van der Waals surface area contributed by atoms with Crippen molar-refractivity contribution in [2.45, 2.75) is 20.8 Å². The van der Waals surface area contributed by atoms with Crippen molar-refractivity contribution >= 4 is 44.9 Å². The average Bonchev–Trinajstić information content (AvgIpc) is 2.62. The normalized spacial score (nSPS) is 10.4. The van der Waals surface area contributed by atoms with E-state index < -0.39 is 0 Å². The summed E-state index contributed by atoms with van der Waals surface area (Å²) in [4.78, 5) is 12.4. The molecule has 0 saturated carbocycles. The highest BCUT2D eigenvalue weighted by Gasteiger charge is 2.11. The standard InChI is InChI=1S/C20H23BrN2O3S/c1-4-25-18-9-8-14(10-17(18)21)19(24)23-20(27)22-15-6-5-7-16(11-15)26-12-13(2)3/h5-11,13H,4,12H2,1-3H3,(H2,22,23,24,27). The number of carbonyl (C=O) groups is 1. The Kier molecular flexibility index (Phi) is 8.06. The molecule has 0 saturated heterocycles. The first-order chi connectivity index (χ1) is 12.9. The van der Waals surface area contributed by atoms with E-state index in [1.54, 1.807) is 18.2 Å². The second-order valence-corrected chi connectivity index (χ2v) is 7.48. The minimum atomic E-state index is -0.302. The van der Waals surface area contributed by atoms with Crippen molar-refractivity contribution in [3.63, 3.8) is 0 Å². The van der Waals surface area contributed by atoms with Gasteiger partial charge in [0.2, 0.25) is 0 Å². The van der Waals surface area contributed by atoms with Crippen molar-refractivity contribution in [1.29, 1.82) is 0 Å². The van der Waals surface area contributed by atoms with Gasteiger partial charge in [0.15, 0.2) is 5.11 Å². The number of benzene rings is 2. The number of anilines is 1. The number of rotatable bonds is 7. The molecule has 2 aromatic rings. The molecule has 7 heteroatoms. The Morgan fingerprint density at radius 2 is 1.96 bits per heavy atom. The number of amides is 1. The van der Waals surface area contributed by atoms with Gasteiger partial charge in [-0.05, 0) is 71.3 Å². The van der Waals surface area contributed by atoms with E-state index in [9.17, 15) is 4.79 Å². The van der Waals surface area contributed by atoms with Crippen LogP contribution in [0.2, 0.25) is 0 Å². The van der Waals surface area contributed by atoms with Gasteiger partial charge in [-0.15, -0.1) is 0 Å².